The van der Waals surface area contributed by atoms with Crippen molar-refractivity contribution in [3.8, 4) is 0 Å². The second-order valence-corrected chi connectivity index (χ2v) is 6.17. The highest BCUT2D eigenvalue weighted by Gasteiger charge is 2.25. The maximum absolute atomic E-state index is 5.84. The van der Waals surface area contributed by atoms with Crippen LogP contribution in [0.3, 0.4) is 0 Å². The standard InChI is InChI=1S/C16H24N6O/c1-11-5-3-6-12(2)22(11)10-14-19-15(17)21-16(20-14)18-9-13-7-4-8-23-13/h4,7-8,11-12H,3,5-6,9-10H2,1-2H3,(H3,17,18,19,20,21). The first-order valence-corrected chi connectivity index (χ1v) is 8.14. The van der Waals surface area contributed by atoms with Gasteiger partial charge in [-0.3, -0.25) is 4.90 Å². The summed E-state index contributed by atoms with van der Waals surface area (Å²) in [5.41, 5.74) is 5.84. The SMILES string of the molecule is CC1CCCC(C)N1Cc1nc(N)nc(NCc2ccco2)n1. The Morgan fingerprint density at radius 2 is 2.04 bits per heavy atom. The zero-order valence-electron chi connectivity index (χ0n) is 13.7. The molecule has 2 atom stereocenters. The van der Waals surface area contributed by atoms with Crippen molar-refractivity contribution in [1.29, 1.82) is 0 Å². The van der Waals surface area contributed by atoms with Gasteiger partial charge in [-0.2, -0.15) is 15.0 Å². The molecule has 1 aliphatic rings. The first kappa shape index (κ1) is 15.7. The summed E-state index contributed by atoms with van der Waals surface area (Å²) in [6.07, 6.45) is 5.36. The molecular formula is C16H24N6O. The number of aromatic nitrogens is 3. The maximum Gasteiger partial charge on any atom is 0.228 e. The Bertz CT molecular complexity index is 620. The van der Waals surface area contributed by atoms with Crippen LogP contribution in [0.15, 0.2) is 22.8 Å². The van der Waals surface area contributed by atoms with Gasteiger partial charge in [-0.15, -0.1) is 0 Å². The number of likely N-dealkylation sites (tertiary alicyclic amines) is 1. The highest BCUT2D eigenvalue weighted by Crippen LogP contribution is 2.24. The molecule has 7 heteroatoms. The van der Waals surface area contributed by atoms with Gasteiger partial charge in [0.1, 0.15) is 11.6 Å². The third-order valence-electron chi connectivity index (χ3n) is 4.40. The van der Waals surface area contributed by atoms with E-state index in [9.17, 15) is 0 Å². The largest absolute Gasteiger partial charge is 0.467 e. The van der Waals surface area contributed by atoms with Crippen LogP contribution in [0.1, 0.15) is 44.7 Å². The number of nitrogen functional groups attached to an aromatic ring is 1. The summed E-state index contributed by atoms with van der Waals surface area (Å²) in [6.45, 7) is 5.74. The monoisotopic (exact) mass is 316 g/mol. The molecule has 124 valence electrons. The van der Waals surface area contributed by atoms with Crippen molar-refractivity contribution >= 4 is 11.9 Å². The molecule has 2 aromatic rings. The van der Waals surface area contributed by atoms with Crippen LogP contribution in [0, 0.1) is 0 Å². The summed E-state index contributed by atoms with van der Waals surface area (Å²) in [5.74, 6) is 2.26. The van der Waals surface area contributed by atoms with Crippen molar-refractivity contribution in [2.45, 2.75) is 58.3 Å². The fraction of sp³-hybridized carbons (Fsp3) is 0.562. The van der Waals surface area contributed by atoms with E-state index in [2.05, 4.69) is 39.0 Å². The second kappa shape index (κ2) is 6.95. The van der Waals surface area contributed by atoms with Crippen molar-refractivity contribution in [2.75, 3.05) is 11.1 Å². The maximum atomic E-state index is 5.84. The molecule has 3 N–H and O–H groups in total. The average molecular weight is 316 g/mol. The summed E-state index contributed by atoms with van der Waals surface area (Å²) in [5, 5.41) is 3.13. The summed E-state index contributed by atoms with van der Waals surface area (Å²) in [6, 6.07) is 4.83. The molecule has 0 bridgehead atoms. The molecule has 1 fully saturated rings. The third kappa shape index (κ3) is 3.98. The summed E-state index contributed by atoms with van der Waals surface area (Å²) >= 11 is 0. The normalized spacial score (nSPS) is 22.2. The quantitative estimate of drug-likeness (QED) is 0.875. The van der Waals surface area contributed by atoms with Crippen LogP contribution >= 0.6 is 0 Å². The minimum absolute atomic E-state index is 0.245. The molecule has 0 aliphatic carbocycles. The lowest BCUT2D eigenvalue weighted by Gasteiger charge is -2.38. The van der Waals surface area contributed by atoms with Gasteiger partial charge in [0.05, 0.1) is 19.4 Å². The van der Waals surface area contributed by atoms with Gasteiger partial charge in [0.25, 0.3) is 0 Å². The van der Waals surface area contributed by atoms with Crippen LogP contribution in [-0.4, -0.2) is 31.9 Å². The Hall–Kier alpha value is -2.15. The van der Waals surface area contributed by atoms with Crippen molar-refractivity contribution < 1.29 is 4.42 Å². The molecule has 0 amide bonds. The van der Waals surface area contributed by atoms with E-state index in [0.717, 1.165) is 5.76 Å². The Kier molecular flexibility index (Phi) is 4.76. The summed E-state index contributed by atoms with van der Waals surface area (Å²) in [4.78, 5) is 15.4. The minimum atomic E-state index is 0.245. The van der Waals surface area contributed by atoms with E-state index in [1.54, 1.807) is 6.26 Å². The molecule has 3 heterocycles. The molecule has 3 rings (SSSR count). The highest BCUT2D eigenvalue weighted by atomic mass is 16.3. The molecule has 0 radical (unpaired) electrons. The van der Waals surface area contributed by atoms with E-state index in [-0.39, 0.29) is 5.95 Å². The molecular weight excluding hydrogens is 292 g/mol. The van der Waals surface area contributed by atoms with E-state index >= 15 is 0 Å². The Morgan fingerprint density at radius 3 is 2.74 bits per heavy atom. The molecule has 2 unspecified atom stereocenters. The van der Waals surface area contributed by atoms with E-state index in [1.165, 1.54) is 19.3 Å². The van der Waals surface area contributed by atoms with Gasteiger partial charge >= 0.3 is 0 Å². The van der Waals surface area contributed by atoms with Crippen molar-refractivity contribution in [1.82, 2.24) is 19.9 Å². The number of rotatable bonds is 5. The van der Waals surface area contributed by atoms with Crippen molar-refractivity contribution in [3.63, 3.8) is 0 Å². The van der Waals surface area contributed by atoms with Gasteiger partial charge in [-0.05, 0) is 38.8 Å². The highest BCUT2D eigenvalue weighted by molar-refractivity contribution is 5.31. The van der Waals surface area contributed by atoms with Crippen molar-refractivity contribution in [2.24, 2.45) is 0 Å². The van der Waals surface area contributed by atoms with Gasteiger partial charge in [0.2, 0.25) is 11.9 Å². The smallest absolute Gasteiger partial charge is 0.228 e. The Labute approximate surface area is 136 Å². The number of anilines is 2. The van der Waals surface area contributed by atoms with E-state index in [1.807, 2.05) is 12.1 Å². The molecule has 0 aromatic carbocycles. The third-order valence-corrected chi connectivity index (χ3v) is 4.40. The zero-order chi connectivity index (χ0) is 16.2. The number of nitrogens with one attached hydrogen (secondary N) is 1. The lowest BCUT2D eigenvalue weighted by atomic mass is 9.97. The Morgan fingerprint density at radius 1 is 1.26 bits per heavy atom. The zero-order valence-corrected chi connectivity index (χ0v) is 13.7. The molecule has 23 heavy (non-hydrogen) atoms. The van der Waals surface area contributed by atoms with Crippen LogP contribution in [0.25, 0.3) is 0 Å². The van der Waals surface area contributed by atoms with Crippen LogP contribution in [0.2, 0.25) is 0 Å². The number of hydrogen-bond donors (Lipinski definition) is 2. The second-order valence-electron chi connectivity index (χ2n) is 6.17. The Balaban J connectivity index is 1.69. The van der Waals surface area contributed by atoms with E-state index in [4.69, 9.17) is 10.2 Å². The van der Waals surface area contributed by atoms with Crippen molar-refractivity contribution in [3.05, 3.63) is 30.0 Å². The minimum Gasteiger partial charge on any atom is -0.467 e. The van der Waals surface area contributed by atoms with E-state index in [0.29, 0.717) is 36.9 Å². The number of piperidine rings is 1. The molecule has 7 nitrogen and oxygen atoms in total. The van der Waals surface area contributed by atoms with Crippen LogP contribution < -0.4 is 11.1 Å². The summed E-state index contributed by atoms with van der Waals surface area (Å²) < 4.78 is 5.29. The topological polar surface area (TPSA) is 93.1 Å². The van der Waals surface area contributed by atoms with Gasteiger partial charge in [-0.25, -0.2) is 0 Å². The molecule has 2 aromatic heterocycles. The average Bonchev–Trinajstić information content (AvgIpc) is 3.02. The molecule has 1 aliphatic heterocycles. The fourth-order valence-corrected chi connectivity index (χ4v) is 3.12. The van der Waals surface area contributed by atoms with Crippen LogP contribution in [0.4, 0.5) is 11.9 Å². The number of hydrogen-bond acceptors (Lipinski definition) is 7. The first-order valence-electron chi connectivity index (χ1n) is 8.14. The van der Waals surface area contributed by atoms with E-state index < -0.39 is 0 Å². The molecule has 0 spiro atoms. The molecule has 1 saturated heterocycles. The van der Waals surface area contributed by atoms with Gasteiger partial charge in [-0.1, -0.05) is 6.42 Å². The van der Waals surface area contributed by atoms with Gasteiger partial charge in [0.15, 0.2) is 0 Å². The summed E-state index contributed by atoms with van der Waals surface area (Å²) in [7, 11) is 0. The lowest BCUT2D eigenvalue weighted by molar-refractivity contribution is 0.0922. The fourth-order valence-electron chi connectivity index (χ4n) is 3.12. The number of nitrogens with zero attached hydrogens (tertiary/aromatic N) is 4. The van der Waals surface area contributed by atoms with Gasteiger partial charge in [0, 0.05) is 12.1 Å². The van der Waals surface area contributed by atoms with Crippen LogP contribution in [-0.2, 0) is 13.1 Å². The predicted molar refractivity (Wildman–Crippen MR) is 88.6 cm³/mol. The van der Waals surface area contributed by atoms with Gasteiger partial charge < -0.3 is 15.5 Å². The van der Waals surface area contributed by atoms with Crippen LogP contribution in [0.5, 0.6) is 0 Å². The predicted octanol–water partition coefficient (Wildman–Crippen LogP) is 2.42. The number of furan rings is 1. The molecule has 0 saturated carbocycles. The number of nitrogens with two attached hydrogens (primary N) is 1. The lowest BCUT2D eigenvalue weighted by Crippen LogP contribution is -2.43. The first-order chi connectivity index (χ1) is 11.1.